The Kier molecular flexibility index (Phi) is 4.25. The monoisotopic (exact) mass is 266 g/mol. The van der Waals surface area contributed by atoms with Gasteiger partial charge in [-0.3, -0.25) is 0 Å². The number of aromatic nitrogens is 2. The molecular weight excluding hydrogens is 248 g/mol. The predicted octanol–water partition coefficient (Wildman–Crippen LogP) is 3.62. The minimum Gasteiger partial charge on any atom is -0.383 e. The molecule has 0 saturated heterocycles. The van der Waals surface area contributed by atoms with Crippen molar-refractivity contribution in [3.63, 3.8) is 0 Å². The molecule has 3 nitrogen and oxygen atoms in total. The maximum Gasteiger partial charge on any atom is 0.125 e. The van der Waals surface area contributed by atoms with Gasteiger partial charge in [0.1, 0.15) is 5.82 Å². The topological polar surface area (TPSA) is 27.1 Å². The van der Waals surface area contributed by atoms with Crippen molar-refractivity contribution in [1.29, 1.82) is 0 Å². The summed E-state index contributed by atoms with van der Waals surface area (Å²) in [5, 5.41) is 0. The summed E-state index contributed by atoms with van der Waals surface area (Å²) in [4.78, 5) is 4.59. The van der Waals surface area contributed by atoms with Crippen LogP contribution in [0.3, 0.4) is 0 Å². The molecular formula is C14H19ClN2O. The molecule has 0 bridgehead atoms. The Morgan fingerprint density at radius 1 is 1.33 bits per heavy atom. The van der Waals surface area contributed by atoms with Gasteiger partial charge < -0.3 is 9.30 Å². The fourth-order valence-electron chi connectivity index (χ4n) is 2.29. The summed E-state index contributed by atoms with van der Waals surface area (Å²) in [6.45, 7) is 5.05. The van der Waals surface area contributed by atoms with E-state index in [0.717, 1.165) is 16.9 Å². The largest absolute Gasteiger partial charge is 0.383 e. The quantitative estimate of drug-likeness (QED) is 0.773. The van der Waals surface area contributed by atoms with Crippen LogP contribution < -0.4 is 0 Å². The zero-order valence-corrected chi connectivity index (χ0v) is 11.8. The number of methoxy groups -OCH3 is 1. The first kappa shape index (κ1) is 13.4. The molecule has 0 N–H and O–H groups in total. The highest BCUT2D eigenvalue weighted by molar-refractivity contribution is 6.16. The normalized spacial score (nSPS) is 13.4. The van der Waals surface area contributed by atoms with E-state index in [1.54, 1.807) is 7.11 Å². The zero-order valence-electron chi connectivity index (χ0n) is 11.1. The Hall–Kier alpha value is -1.06. The van der Waals surface area contributed by atoms with Crippen LogP contribution in [0.5, 0.6) is 0 Å². The summed E-state index contributed by atoms with van der Waals surface area (Å²) in [5.41, 5.74) is 2.12. The van der Waals surface area contributed by atoms with Gasteiger partial charge in [-0.1, -0.05) is 26.0 Å². The lowest BCUT2D eigenvalue weighted by atomic mass is 10.0. The van der Waals surface area contributed by atoms with Gasteiger partial charge in [0.15, 0.2) is 0 Å². The van der Waals surface area contributed by atoms with Gasteiger partial charge in [-0.2, -0.15) is 0 Å². The van der Waals surface area contributed by atoms with Crippen molar-refractivity contribution in [3.8, 4) is 0 Å². The van der Waals surface area contributed by atoms with Crippen molar-refractivity contribution >= 4 is 22.6 Å². The molecule has 1 aromatic carbocycles. The minimum atomic E-state index is 0.260. The average Bonchev–Trinajstić information content (AvgIpc) is 2.74. The number of alkyl halides is 1. The van der Waals surface area contributed by atoms with Gasteiger partial charge in [-0.15, -0.1) is 11.6 Å². The molecule has 1 heterocycles. The van der Waals surface area contributed by atoms with E-state index in [9.17, 15) is 0 Å². The third-order valence-electron chi connectivity index (χ3n) is 3.23. The number of benzene rings is 1. The first-order chi connectivity index (χ1) is 8.69. The Morgan fingerprint density at radius 2 is 2.06 bits per heavy atom. The molecule has 0 fully saturated rings. The molecule has 98 valence electrons. The second-order valence-corrected chi connectivity index (χ2v) is 5.05. The number of para-hydroxylation sites is 2. The van der Waals surface area contributed by atoms with Crippen LogP contribution >= 0.6 is 11.6 Å². The van der Waals surface area contributed by atoms with E-state index in [-0.39, 0.29) is 6.04 Å². The highest BCUT2D eigenvalue weighted by Crippen LogP contribution is 2.27. The second-order valence-electron chi connectivity index (χ2n) is 4.79. The first-order valence-corrected chi connectivity index (χ1v) is 6.73. The van der Waals surface area contributed by atoms with Gasteiger partial charge in [0.25, 0.3) is 0 Å². The molecule has 0 radical (unpaired) electrons. The lowest BCUT2D eigenvalue weighted by Crippen LogP contribution is -2.21. The summed E-state index contributed by atoms with van der Waals surface area (Å²) in [6, 6.07) is 8.40. The molecule has 2 aromatic rings. The first-order valence-electron chi connectivity index (χ1n) is 6.19. The summed E-state index contributed by atoms with van der Waals surface area (Å²) in [7, 11) is 1.73. The van der Waals surface area contributed by atoms with E-state index in [1.165, 1.54) is 0 Å². The molecule has 1 aromatic heterocycles. The van der Waals surface area contributed by atoms with E-state index in [2.05, 4.69) is 29.5 Å². The summed E-state index contributed by atoms with van der Waals surface area (Å²) in [6.07, 6.45) is 0. The number of nitrogens with zero attached hydrogens (tertiary/aromatic N) is 2. The summed E-state index contributed by atoms with van der Waals surface area (Å²) in [5.74, 6) is 1.79. The highest BCUT2D eigenvalue weighted by Gasteiger charge is 2.21. The van der Waals surface area contributed by atoms with Crippen LogP contribution in [-0.2, 0) is 10.6 Å². The molecule has 0 spiro atoms. The van der Waals surface area contributed by atoms with Gasteiger partial charge in [0, 0.05) is 7.11 Å². The molecule has 1 atom stereocenters. The van der Waals surface area contributed by atoms with Crippen molar-refractivity contribution in [1.82, 2.24) is 9.55 Å². The van der Waals surface area contributed by atoms with Crippen LogP contribution in [-0.4, -0.2) is 23.3 Å². The van der Waals surface area contributed by atoms with Crippen LogP contribution in [0.25, 0.3) is 11.0 Å². The van der Waals surface area contributed by atoms with Gasteiger partial charge >= 0.3 is 0 Å². The SMILES string of the molecule is COCC(C(C)C)n1c(CCl)nc2ccccc21. The maximum atomic E-state index is 6.03. The van der Waals surface area contributed by atoms with Gasteiger partial charge in [-0.05, 0) is 18.1 Å². The number of fused-ring (bicyclic) bond motifs is 1. The molecule has 0 aliphatic carbocycles. The number of imidazole rings is 1. The standard InChI is InChI=1S/C14H19ClN2O/c1-10(2)13(9-18-3)17-12-7-5-4-6-11(12)16-14(17)8-15/h4-7,10,13H,8-9H2,1-3H3. The van der Waals surface area contributed by atoms with E-state index in [0.29, 0.717) is 18.4 Å². The fourth-order valence-corrected chi connectivity index (χ4v) is 2.48. The van der Waals surface area contributed by atoms with Gasteiger partial charge in [0.05, 0.1) is 29.6 Å². The van der Waals surface area contributed by atoms with Crippen molar-refractivity contribution in [3.05, 3.63) is 30.1 Å². The van der Waals surface area contributed by atoms with Crippen molar-refractivity contribution in [2.45, 2.75) is 25.8 Å². The van der Waals surface area contributed by atoms with Gasteiger partial charge in [0.2, 0.25) is 0 Å². The average molecular weight is 267 g/mol. The fraction of sp³-hybridized carbons (Fsp3) is 0.500. The Morgan fingerprint density at radius 3 is 2.67 bits per heavy atom. The van der Waals surface area contributed by atoms with Crippen LogP contribution in [0.4, 0.5) is 0 Å². The number of rotatable bonds is 5. The molecule has 2 rings (SSSR count). The Bertz CT molecular complexity index is 521. The second kappa shape index (κ2) is 5.72. The number of hydrogen-bond acceptors (Lipinski definition) is 2. The third kappa shape index (κ3) is 2.38. The molecule has 0 aliphatic heterocycles. The third-order valence-corrected chi connectivity index (χ3v) is 3.47. The van der Waals surface area contributed by atoms with E-state index in [1.807, 2.05) is 18.2 Å². The van der Waals surface area contributed by atoms with E-state index in [4.69, 9.17) is 16.3 Å². The van der Waals surface area contributed by atoms with Crippen LogP contribution in [0.15, 0.2) is 24.3 Å². The Labute approximate surface area is 113 Å². The maximum absolute atomic E-state index is 6.03. The van der Waals surface area contributed by atoms with Crippen LogP contribution in [0.1, 0.15) is 25.7 Å². The van der Waals surface area contributed by atoms with Crippen LogP contribution in [0.2, 0.25) is 0 Å². The van der Waals surface area contributed by atoms with Crippen LogP contribution in [0, 0.1) is 5.92 Å². The zero-order chi connectivity index (χ0) is 13.1. The highest BCUT2D eigenvalue weighted by atomic mass is 35.5. The molecule has 18 heavy (non-hydrogen) atoms. The number of hydrogen-bond donors (Lipinski definition) is 0. The summed E-state index contributed by atoms with van der Waals surface area (Å²) >= 11 is 6.03. The van der Waals surface area contributed by atoms with Gasteiger partial charge in [-0.25, -0.2) is 4.98 Å². The lowest BCUT2D eigenvalue weighted by molar-refractivity contribution is 0.134. The lowest BCUT2D eigenvalue weighted by Gasteiger charge is -2.24. The number of ether oxygens (including phenoxy) is 1. The number of halogens is 1. The van der Waals surface area contributed by atoms with Crippen molar-refractivity contribution in [2.24, 2.45) is 5.92 Å². The van der Waals surface area contributed by atoms with E-state index >= 15 is 0 Å². The summed E-state index contributed by atoms with van der Waals surface area (Å²) < 4.78 is 7.56. The molecule has 0 aliphatic rings. The smallest absolute Gasteiger partial charge is 0.125 e. The predicted molar refractivity (Wildman–Crippen MR) is 75.0 cm³/mol. The van der Waals surface area contributed by atoms with Crippen molar-refractivity contribution in [2.75, 3.05) is 13.7 Å². The van der Waals surface area contributed by atoms with E-state index < -0.39 is 0 Å². The molecule has 4 heteroatoms. The van der Waals surface area contributed by atoms with Crippen molar-refractivity contribution < 1.29 is 4.74 Å². The molecule has 1 unspecified atom stereocenters. The molecule has 0 amide bonds. The molecule has 0 saturated carbocycles. The Balaban J connectivity index is 2.58. The minimum absolute atomic E-state index is 0.260.